The van der Waals surface area contributed by atoms with Crippen LogP contribution < -0.4 is 5.69 Å². The summed E-state index contributed by atoms with van der Waals surface area (Å²) < 4.78 is 4.44. The predicted octanol–water partition coefficient (Wildman–Crippen LogP) is 1.46. The molecule has 18 heavy (non-hydrogen) atoms. The van der Waals surface area contributed by atoms with Crippen molar-refractivity contribution >= 4 is 10.9 Å². The second-order valence-corrected chi connectivity index (χ2v) is 4.06. The Morgan fingerprint density at radius 1 is 1.22 bits per heavy atom. The summed E-state index contributed by atoms with van der Waals surface area (Å²) in [7, 11) is 1.93. The smallest absolute Gasteiger partial charge is 0.346 e. The van der Waals surface area contributed by atoms with E-state index < -0.39 is 0 Å². The molecule has 0 atom stereocenters. The Bertz CT molecular complexity index is 829. The van der Waals surface area contributed by atoms with Gasteiger partial charge in [0.2, 0.25) is 0 Å². The fraction of sp³-hybridized carbons (Fsp3) is 0.0769. The lowest BCUT2D eigenvalue weighted by molar-refractivity contribution is 0.906. The van der Waals surface area contributed by atoms with E-state index in [2.05, 4.69) is 0 Å². The topological polar surface area (TPSA) is 55.6 Å². The summed E-state index contributed by atoms with van der Waals surface area (Å²) in [5.74, 6) is 0. The first-order chi connectivity index (χ1) is 8.72. The monoisotopic (exact) mass is 238 g/mol. The number of benzene rings is 1. The van der Waals surface area contributed by atoms with Gasteiger partial charge in [-0.15, -0.1) is 0 Å². The molecule has 0 amide bonds. The zero-order valence-corrected chi connectivity index (χ0v) is 9.74. The zero-order chi connectivity index (χ0) is 12.7. The maximum Gasteiger partial charge on any atom is 0.346 e. The Morgan fingerprint density at radius 3 is 2.72 bits per heavy atom. The first-order valence-corrected chi connectivity index (χ1v) is 5.47. The lowest BCUT2D eigenvalue weighted by Crippen LogP contribution is -2.20. The molecule has 2 heterocycles. The molecular formula is C13H10N4O. The molecule has 3 rings (SSSR count). The molecule has 0 radical (unpaired) electrons. The third kappa shape index (κ3) is 1.29. The standard InChI is InChI=1S/C13H10N4O/c1-15-8-12(10-4-2-3-5-11(10)15)17-7-6-16(9-14)13(17)18/h2-8H,1H3. The van der Waals surface area contributed by atoms with Crippen LogP contribution in [-0.4, -0.2) is 13.7 Å². The van der Waals surface area contributed by atoms with Crippen molar-refractivity contribution in [2.24, 2.45) is 7.05 Å². The van der Waals surface area contributed by atoms with Gasteiger partial charge in [-0.3, -0.25) is 4.57 Å². The van der Waals surface area contributed by atoms with Crippen molar-refractivity contribution < 1.29 is 0 Å². The van der Waals surface area contributed by atoms with Crippen molar-refractivity contribution in [1.82, 2.24) is 13.7 Å². The first-order valence-electron chi connectivity index (χ1n) is 5.47. The van der Waals surface area contributed by atoms with Gasteiger partial charge < -0.3 is 4.57 Å². The van der Waals surface area contributed by atoms with E-state index in [9.17, 15) is 4.79 Å². The van der Waals surface area contributed by atoms with Crippen LogP contribution in [0.15, 0.2) is 47.7 Å². The van der Waals surface area contributed by atoms with Gasteiger partial charge in [-0.1, -0.05) is 18.2 Å². The van der Waals surface area contributed by atoms with Gasteiger partial charge in [0.05, 0.1) is 5.69 Å². The van der Waals surface area contributed by atoms with Gasteiger partial charge in [0.1, 0.15) is 0 Å². The Hall–Kier alpha value is -2.74. The minimum absolute atomic E-state index is 0.353. The first kappa shape index (κ1) is 10.4. The maximum absolute atomic E-state index is 11.9. The van der Waals surface area contributed by atoms with Crippen molar-refractivity contribution in [3.05, 3.63) is 53.3 Å². The molecular weight excluding hydrogens is 228 g/mol. The molecule has 88 valence electrons. The fourth-order valence-corrected chi connectivity index (χ4v) is 2.15. The van der Waals surface area contributed by atoms with Gasteiger partial charge in [-0.05, 0) is 6.07 Å². The van der Waals surface area contributed by atoms with Crippen LogP contribution in [0.25, 0.3) is 16.6 Å². The molecule has 0 saturated carbocycles. The summed E-state index contributed by atoms with van der Waals surface area (Å²) >= 11 is 0. The molecule has 0 saturated heterocycles. The van der Waals surface area contributed by atoms with Crippen molar-refractivity contribution in [2.75, 3.05) is 0 Å². The number of imidazole rings is 1. The lowest BCUT2D eigenvalue weighted by atomic mass is 10.2. The Kier molecular flexibility index (Phi) is 2.10. The summed E-state index contributed by atoms with van der Waals surface area (Å²) in [6, 6.07) is 7.83. The molecule has 0 spiro atoms. The van der Waals surface area contributed by atoms with Crippen molar-refractivity contribution in [3.8, 4) is 11.9 Å². The van der Waals surface area contributed by atoms with E-state index in [-0.39, 0.29) is 5.69 Å². The molecule has 5 nitrogen and oxygen atoms in total. The number of rotatable bonds is 1. The van der Waals surface area contributed by atoms with Crippen LogP contribution >= 0.6 is 0 Å². The molecule has 0 bridgehead atoms. The molecule has 0 unspecified atom stereocenters. The molecule has 1 aromatic carbocycles. The highest BCUT2D eigenvalue weighted by Crippen LogP contribution is 2.22. The van der Waals surface area contributed by atoms with Crippen LogP contribution in [0.5, 0.6) is 0 Å². The van der Waals surface area contributed by atoms with E-state index in [0.29, 0.717) is 0 Å². The van der Waals surface area contributed by atoms with Gasteiger partial charge >= 0.3 is 5.69 Å². The van der Waals surface area contributed by atoms with Crippen LogP contribution in [0.1, 0.15) is 0 Å². The van der Waals surface area contributed by atoms with Crippen LogP contribution in [0.4, 0.5) is 0 Å². The number of fused-ring (bicyclic) bond motifs is 1. The SMILES string of the molecule is Cn1cc(-n2ccn(C#N)c2=O)c2ccccc21. The molecule has 0 N–H and O–H groups in total. The second kappa shape index (κ2) is 3.64. The number of aryl methyl sites for hydroxylation is 1. The molecule has 3 aromatic rings. The highest BCUT2D eigenvalue weighted by molar-refractivity contribution is 5.88. The van der Waals surface area contributed by atoms with Gasteiger partial charge in [0.25, 0.3) is 0 Å². The zero-order valence-electron chi connectivity index (χ0n) is 9.74. The van der Waals surface area contributed by atoms with Crippen LogP contribution in [-0.2, 0) is 7.05 Å². The van der Waals surface area contributed by atoms with Gasteiger partial charge in [0, 0.05) is 36.5 Å². The molecule has 0 fully saturated rings. The maximum atomic E-state index is 11.9. The van der Waals surface area contributed by atoms with Crippen molar-refractivity contribution in [1.29, 1.82) is 5.26 Å². The van der Waals surface area contributed by atoms with Gasteiger partial charge in [0.15, 0.2) is 6.19 Å². The normalized spacial score (nSPS) is 10.7. The van der Waals surface area contributed by atoms with Crippen molar-refractivity contribution in [3.63, 3.8) is 0 Å². The Labute approximate surface area is 103 Å². The second-order valence-electron chi connectivity index (χ2n) is 4.06. The quantitative estimate of drug-likeness (QED) is 0.644. The molecule has 2 aromatic heterocycles. The summed E-state index contributed by atoms with van der Waals surface area (Å²) in [5.41, 5.74) is 1.48. The lowest BCUT2D eigenvalue weighted by Gasteiger charge is -1.97. The Balaban J connectivity index is 2.36. The number of hydrogen-bond donors (Lipinski definition) is 0. The third-order valence-corrected chi connectivity index (χ3v) is 3.02. The largest absolute Gasteiger partial charge is 0.348 e. The minimum Gasteiger partial charge on any atom is -0.348 e. The van der Waals surface area contributed by atoms with E-state index in [0.717, 1.165) is 21.2 Å². The average Bonchev–Trinajstić information content (AvgIpc) is 2.91. The van der Waals surface area contributed by atoms with E-state index in [4.69, 9.17) is 5.26 Å². The highest BCUT2D eigenvalue weighted by atomic mass is 16.1. The van der Waals surface area contributed by atoms with E-state index >= 15 is 0 Å². The van der Waals surface area contributed by atoms with Crippen LogP contribution in [0.3, 0.4) is 0 Å². The van der Waals surface area contributed by atoms with E-state index in [1.807, 2.05) is 48.3 Å². The van der Waals surface area contributed by atoms with E-state index in [1.54, 1.807) is 6.20 Å². The molecule has 0 aliphatic rings. The summed E-state index contributed by atoms with van der Waals surface area (Å²) in [6.07, 6.45) is 6.77. The number of nitrogens with zero attached hydrogens (tertiary/aromatic N) is 4. The predicted molar refractivity (Wildman–Crippen MR) is 67.5 cm³/mol. The number of hydrogen-bond acceptors (Lipinski definition) is 2. The number of nitriles is 1. The highest BCUT2D eigenvalue weighted by Gasteiger charge is 2.11. The van der Waals surface area contributed by atoms with Crippen LogP contribution in [0, 0.1) is 11.5 Å². The van der Waals surface area contributed by atoms with Gasteiger partial charge in [-0.25, -0.2) is 9.36 Å². The summed E-state index contributed by atoms with van der Waals surface area (Å²) in [4.78, 5) is 11.9. The molecule has 0 aliphatic carbocycles. The molecule has 0 aliphatic heterocycles. The number of aromatic nitrogens is 3. The van der Waals surface area contributed by atoms with Crippen molar-refractivity contribution in [2.45, 2.75) is 0 Å². The third-order valence-electron chi connectivity index (χ3n) is 3.02. The van der Waals surface area contributed by atoms with E-state index in [1.165, 1.54) is 10.8 Å². The minimum atomic E-state index is -0.353. The summed E-state index contributed by atoms with van der Waals surface area (Å²) in [5, 5.41) is 9.78. The number of para-hydroxylation sites is 1. The van der Waals surface area contributed by atoms with Gasteiger partial charge in [-0.2, -0.15) is 5.26 Å². The average molecular weight is 238 g/mol. The Morgan fingerprint density at radius 2 is 2.00 bits per heavy atom. The van der Waals surface area contributed by atoms with Crippen LogP contribution in [0.2, 0.25) is 0 Å². The summed E-state index contributed by atoms with van der Waals surface area (Å²) in [6.45, 7) is 0. The molecule has 5 heteroatoms. The fourth-order valence-electron chi connectivity index (χ4n) is 2.15.